The van der Waals surface area contributed by atoms with Crippen molar-refractivity contribution in [3.8, 4) is 0 Å². The van der Waals surface area contributed by atoms with Crippen LogP contribution >= 0.6 is 0 Å². The molecule has 5 heteroatoms. The zero-order chi connectivity index (χ0) is 14.6. The molecule has 5 nitrogen and oxygen atoms in total. The minimum absolute atomic E-state index is 0.339. The van der Waals surface area contributed by atoms with Crippen LogP contribution in [0.15, 0.2) is 0 Å². The topological polar surface area (TPSA) is 60.0 Å². The number of hydrogen-bond donors (Lipinski definition) is 2. The fourth-order valence-electron chi connectivity index (χ4n) is 2.49. The molecule has 0 spiro atoms. The van der Waals surface area contributed by atoms with Crippen LogP contribution in [0.4, 0.5) is 0 Å². The first-order chi connectivity index (χ1) is 9.72. The van der Waals surface area contributed by atoms with Gasteiger partial charge >= 0.3 is 0 Å². The van der Waals surface area contributed by atoms with Crippen LogP contribution in [0.1, 0.15) is 32.6 Å². The van der Waals surface area contributed by atoms with Crippen molar-refractivity contribution in [2.24, 2.45) is 5.92 Å². The molecule has 1 rings (SSSR count). The summed E-state index contributed by atoms with van der Waals surface area (Å²) in [4.78, 5) is 0. The summed E-state index contributed by atoms with van der Waals surface area (Å²) < 4.78 is 16.0. The van der Waals surface area contributed by atoms with Gasteiger partial charge in [-0.3, -0.25) is 0 Å². The van der Waals surface area contributed by atoms with Crippen LogP contribution < -0.4 is 5.32 Å². The number of hydrogen-bond acceptors (Lipinski definition) is 5. The highest BCUT2D eigenvalue weighted by molar-refractivity contribution is 4.71. The van der Waals surface area contributed by atoms with Gasteiger partial charge < -0.3 is 24.6 Å². The Hall–Kier alpha value is -0.200. The van der Waals surface area contributed by atoms with E-state index in [0.717, 1.165) is 25.3 Å². The Morgan fingerprint density at radius 3 is 2.85 bits per heavy atom. The Morgan fingerprint density at radius 2 is 2.10 bits per heavy atom. The Labute approximate surface area is 123 Å². The standard InChI is InChI=1S/C15H31NO4/c1-13-4-3-5-15(10-13)20-12-14(17)11-16-6-7-19-9-8-18-2/h13-17H,3-12H2,1-2H3. The van der Waals surface area contributed by atoms with Crippen LogP contribution in [-0.2, 0) is 14.2 Å². The van der Waals surface area contributed by atoms with E-state index in [-0.39, 0.29) is 0 Å². The number of aliphatic hydroxyl groups excluding tert-OH is 1. The molecule has 0 aromatic rings. The second-order valence-electron chi connectivity index (χ2n) is 5.69. The second-order valence-corrected chi connectivity index (χ2v) is 5.69. The highest BCUT2D eigenvalue weighted by atomic mass is 16.5. The van der Waals surface area contributed by atoms with Gasteiger partial charge in [-0.05, 0) is 18.8 Å². The number of methoxy groups -OCH3 is 1. The maximum Gasteiger partial charge on any atom is 0.0897 e. The predicted molar refractivity (Wildman–Crippen MR) is 78.9 cm³/mol. The van der Waals surface area contributed by atoms with E-state index in [1.165, 1.54) is 12.8 Å². The molecule has 0 radical (unpaired) electrons. The minimum Gasteiger partial charge on any atom is -0.389 e. The molecule has 0 aliphatic heterocycles. The molecule has 0 bridgehead atoms. The van der Waals surface area contributed by atoms with E-state index >= 15 is 0 Å². The lowest BCUT2D eigenvalue weighted by Crippen LogP contribution is -2.34. The third-order valence-corrected chi connectivity index (χ3v) is 3.65. The fraction of sp³-hybridized carbons (Fsp3) is 1.00. The van der Waals surface area contributed by atoms with Crippen LogP contribution in [0.25, 0.3) is 0 Å². The summed E-state index contributed by atoms with van der Waals surface area (Å²) in [5, 5.41) is 13.0. The summed E-state index contributed by atoms with van der Waals surface area (Å²) in [7, 11) is 1.66. The SMILES string of the molecule is COCCOCCNCC(O)COC1CCCC(C)C1. The van der Waals surface area contributed by atoms with Crippen molar-refractivity contribution in [3.05, 3.63) is 0 Å². The number of nitrogens with one attached hydrogen (secondary N) is 1. The van der Waals surface area contributed by atoms with Gasteiger partial charge in [0.15, 0.2) is 0 Å². The Balaban J connectivity index is 1.91. The van der Waals surface area contributed by atoms with Gasteiger partial charge in [0.1, 0.15) is 0 Å². The van der Waals surface area contributed by atoms with E-state index in [9.17, 15) is 5.11 Å². The predicted octanol–water partition coefficient (Wildman–Crippen LogP) is 1.20. The molecule has 0 saturated heterocycles. The van der Waals surface area contributed by atoms with Crippen molar-refractivity contribution in [2.45, 2.75) is 44.8 Å². The van der Waals surface area contributed by atoms with E-state index in [4.69, 9.17) is 14.2 Å². The van der Waals surface area contributed by atoms with Crippen molar-refractivity contribution >= 4 is 0 Å². The molecular formula is C15H31NO4. The molecule has 20 heavy (non-hydrogen) atoms. The molecule has 0 aromatic carbocycles. The molecule has 2 N–H and O–H groups in total. The molecule has 1 aliphatic carbocycles. The van der Waals surface area contributed by atoms with Gasteiger partial charge in [0, 0.05) is 20.2 Å². The highest BCUT2D eigenvalue weighted by Crippen LogP contribution is 2.25. The highest BCUT2D eigenvalue weighted by Gasteiger charge is 2.20. The first-order valence-electron chi connectivity index (χ1n) is 7.79. The quantitative estimate of drug-likeness (QED) is 0.560. The summed E-state index contributed by atoms with van der Waals surface area (Å²) in [5.41, 5.74) is 0. The third kappa shape index (κ3) is 8.87. The molecular weight excluding hydrogens is 258 g/mol. The van der Waals surface area contributed by atoms with E-state index < -0.39 is 6.10 Å². The lowest BCUT2D eigenvalue weighted by atomic mass is 9.89. The van der Waals surface area contributed by atoms with Gasteiger partial charge in [0.05, 0.1) is 38.6 Å². The summed E-state index contributed by atoms with van der Waals surface area (Å²) >= 11 is 0. The fourth-order valence-corrected chi connectivity index (χ4v) is 2.49. The van der Waals surface area contributed by atoms with Gasteiger partial charge in [-0.2, -0.15) is 0 Å². The van der Waals surface area contributed by atoms with Gasteiger partial charge in [0.2, 0.25) is 0 Å². The molecule has 0 amide bonds. The van der Waals surface area contributed by atoms with Crippen LogP contribution in [-0.4, -0.2) is 63.9 Å². The van der Waals surface area contributed by atoms with Crippen molar-refractivity contribution in [2.75, 3.05) is 46.6 Å². The number of aliphatic hydroxyl groups is 1. The summed E-state index contributed by atoms with van der Waals surface area (Å²) in [6.07, 6.45) is 4.73. The molecule has 3 unspecified atom stereocenters. The zero-order valence-electron chi connectivity index (χ0n) is 13.0. The molecule has 1 aliphatic rings. The molecule has 120 valence electrons. The average molecular weight is 289 g/mol. The van der Waals surface area contributed by atoms with Gasteiger partial charge in [-0.1, -0.05) is 19.8 Å². The zero-order valence-corrected chi connectivity index (χ0v) is 13.0. The smallest absolute Gasteiger partial charge is 0.0897 e. The normalized spacial score (nSPS) is 24.8. The van der Waals surface area contributed by atoms with Crippen molar-refractivity contribution in [1.82, 2.24) is 5.32 Å². The molecule has 1 saturated carbocycles. The molecule has 0 heterocycles. The molecule has 0 aromatic heterocycles. The van der Waals surface area contributed by atoms with E-state index in [1.54, 1.807) is 7.11 Å². The van der Waals surface area contributed by atoms with Crippen LogP contribution in [0, 0.1) is 5.92 Å². The summed E-state index contributed by atoms with van der Waals surface area (Å²) in [6, 6.07) is 0. The minimum atomic E-state index is -0.439. The Bertz CT molecular complexity index is 228. The lowest BCUT2D eigenvalue weighted by molar-refractivity contribution is -0.0309. The van der Waals surface area contributed by atoms with E-state index in [0.29, 0.717) is 39.1 Å². The van der Waals surface area contributed by atoms with Crippen LogP contribution in [0.3, 0.4) is 0 Å². The maximum absolute atomic E-state index is 9.84. The van der Waals surface area contributed by atoms with Crippen molar-refractivity contribution in [1.29, 1.82) is 0 Å². The van der Waals surface area contributed by atoms with Crippen LogP contribution in [0.5, 0.6) is 0 Å². The lowest BCUT2D eigenvalue weighted by Gasteiger charge is -2.27. The molecule has 1 fully saturated rings. The Morgan fingerprint density at radius 1 is 1.25 bits per heavy atom. The average Bonchev–Trinajstić information content (AvgIpc) is 2.44. The summed E-state index contributed by atoms with van der Waals surface area (Å²) in [5.74, 6) is 0.758. The van der Waals surface area contributed by atoms with Crippen molar-refractivity contribution < 1.29 is 19.3 Å². The third-order valence-electron chi connectivity index (χ3n) is 3.65. The first-order valence-corrected chi connectivity index (χ1v) is 7.79. The van der Waals surface area contributed by atoms with Crippen molar-refractivity contribution in [3.63, 3.8) is 0 Å². The molecule has 3 atom stereocenters. The van der Waals surface area contributed by atoms with Gasteiger partial charge in [0.25, 0.3) is 0 Å². The van der Waals surface area contributed by atoms with Gasteiger partial charge in [-0.25, -0.2) is 0 Å². The van der Waals surface area contributed by atoms with Crippen LogP contribution in [0.2, 0.25) is 0 Å². The number of ether oxygens (including phenoxy) is 3. The number of rotatable bonds is 11. The monoisotopic (exact) mass is 289 g/mol. The van der Waals surface area contributed by atoms with E-state index in [1.807, 2.05) is 0 Å². The largest absolute Gasteiger partial charge is 0.389 e. The maximum atomic E-state index is 9.84. The second kappa shape index (κ2) is 11.5. The van der Waals surface area contributed by atoms with E-state index in [2.05, 4.69) is 12.2 Å². The summed E-state index contributed by atoms with van der Waals surface area (Å²) in [6.45, 7) is 5.86. The first kappa shape index (κ1) is 17.9. The Kier molecular flexibility index (Phi) is 10.2. The van der Waals surface area contributed by atoms with Gasteiger partial charge in [-0.15, -0.1) is 0 Å².